The van der Waals surface area contributed by atoms with Crippen LogP contribution in [0.15, 0.2) is 249 Å². The van der Waals surface area contributed by atoms with Crippen LogP contribution in [0.1, 0.15) is 22.3 Å². The van der Waals surface area contributed by atoms with E-state index in [9.17, 15) is 0 Å². The van der Waals surface area contributed by atoms with Crippen molar-refractivity contribution in [2.75, 3.05) is 0 Å². The van der Waals surface area contributed by atoms with Crippen molar-refractivity contribution in [1.29, 1.82) is 0 Å². The van der Waals surface area contributed by atoms with E-state index in [1.54, 1.807) is 0 Å². The standard InChI is InChI=1S/C65H43N5O/c1-66-52-34-36-59-55(42-52)54-39-47(31-35-58(54)70(59)53-25-15-6-16-26-53)49-33-38-61-57(41-49)65(50-21-11-4-12-22-50,51-23-13-5-14-24-51)56-40-48(32-37-60(56)71-61)43-27-29-46(30-28-43)64-68-62(44-17-7-2-8-18-44)67-63(69-64)45-19-9-3-10-20-45/h2-42,56,60H. The zero-order valence-electron chi connectivity index (χ0n) is 38.5. The molecule has 2 atom stereocenters. The summed E-state index contributed by atoms with van der Waals surface area (Å²) in [6, 6.07) is 80.5. The largest absolute Gasteiger partial charge is 0.485 e. The van der Waals surface area contributed by atoms with Gasteiger partial charge in [0.05, 0.1) is 23.0 Å². The van der Waals surface area contributed by atoms with Gasteiger partial charge < -0.3 is 9.30 Å². The first-order valence-electron chi connectivity index (χ1n) is 23.9. The molecule has 1 aliphatic carbocycles. The molecule has 0 amide bonds. The van der Waals surface area contributed by atoms with Gasteiger partial charge in [-0.1, -0.05) is 194 Å². The van der Waals surface area contributed by atoms with Gasteiger partial charge in [-0.2, -0.15) is 0 Å². The van der Waals surface area contributed by atoms with E-state index in [1.807, 2.05) is 78.9 Å². The Hall–Kier alpha value is -9.44. The average Bonchev–Trinajstić information content (AvgIpc) is 3.78. The van der Waals surface area contributed by atoms with E-state index < -0.39 is 5.41 Å². The fourth-order valence-electron chi connectivity index (χ4n) is 10.9. The fourth-order valence-corrected chi connectivity index (χ4v) is 10.9. The number of nitrogens with zero attached hydrogens (tertiary/aromatic N) is 5. The highest BCUT2D eigenvalue weighted by Gasteiger charge is 2.52. The highest BCUT2D eigenvalue weighted by Crippen LogP contribution is 2.56. The molecule has 1 aliphatic heterocycles. The third-order valence-electron chi connectivity index (χ3n) is 14.2. The van der Waals surface area contributed by atoms with E-state index in [1.165, 1.54) is 11.1 Å². The lowest BCUT2D eigenvalue weighted by molar-refractivity contribution is 0.140. The smallest absolute Gasteiger partial charge is 0.188 e. The minimum Gasteiger partial charge on any atom is -0.485 e. The summed E-state index contributed by atoms with van der Waals surface area (Å²) in [5.41, 5.74) is 13.8. The quantitative estimate of drug-likeness (QED) is 0.143. The topological polar surface area (TPSA) is 57.2 Å². The molecule has 0 spiro atoms. The molecule has 0 bridgehead atoms. The number of hydrogen-bond acceptors (Lipinski definition) is 4. The first kappa shape index (κ1) is 41.7. The lowest BCUT2D eigenvalue weighted by Gasteiger charge is -2.49. The van der Waals surface area contributed by atoms with Gasteiger partial charge in [-0.25, -0.2) is 19.8 Å². The van der Waals surface area contributed by atoms with Crippen molar-refractivity contribution in [3.63, 3.8) is 0 Å². The second-order valence-electron chi connectivity index (χ2n) is 18.2. The molecule has 71 heavy (non-hydrogen) atoms. The van der Waals surface area contributed by atoms with Crippen LogP contribution < -0.4 is 4.74 Å². The monoisotopic (exact) mass is 909 g/mol. The van der Waals surface area contributed by atoms with Crippen LogP contribution in [0, 0.1) is 12.5 Å². The van der Waals surface area contributed by atoms with Gasteiger partial charge in [0, 0.05) is 39.2 Å². The molecule has 0 saturated heterocycles. The number of para-hydroxylation sites is 1. The number of ether oxygens (including phenoxy) is 1. The molecule has 2 aliphatic rings. The summed E-state index contributed by atoms with van der Waals surface area (Å²) in [7, 11) is 0. The summed E-state index contributed by atoms with van der Waals surface area (Å²) in [5.74, 6) is 2.62. The summed E-state index contributed by atoms with van der Waals surface area (Å²) < 4.78 is 9.40. The molecule has 0 N–H and O–H groups in total. The first-order valence-corrected chi connectivity index (χ1v) is 23.9. The molecule has 3 heterocycles. The molecular weight excluding hydrogens is 867 g/mol. The van der Waals surface area contributed by atoms with Crippen molar-refractivity contribution in [3.8, 4) is 56.7 Å². The summed E-state index contributed by atoms with van der Waals surface area (Å²) in [6.07, 6.45) is 6.63. The Kier molecular flexibility index (Phi) is 10.1. The van der Waals surface area contributed by atoms with Gasteiger partial charge in [-0.3, -0.25) is 0 Å². The molecule has 6 nitrogen and oxygen atoms in total. The molecule has 2 unspecified atom stereocenters. The van der Waals surface area contributed by atoms with Gasteiger partial charge in [-0.15, -0.1) is 0 Å². The molecule has 2 aromatic heterocycles. The lowest BCUT2D eigenvalue weighted by Crippen LogP contribution is -2.49. The Balaban J connectivity index is 0.943. The van der Waals surface area contributed by atoms with Crippen molar-refractivity contribution in [1.82, 2.24) is 19.5 Å². The van der Waals surface area contributed by atoms with E-state index in [0.717, 1.165) is 77.8 Å². The molecule has 11 aromatic rings. The molecule has 13 rings (SSSR count). The van der Waals surface area contributed by atoms with E-state index in [-0.39, 0.29) is 12.0 Å². The maximum atomic E-state index is 7.86. The predicted octanol–water partition coefficient (Wildman–Crippen LogP) is 15.6. The van der Waals surface area contributed by atoms with E-state index in [0.29, 0.717) is 23.2 Å². The minimum atomic E-state index is -0.642. The molecule has 9 aromatic carbocycles. The van der Waals surface area contributed by atoms with Crippen molar-refractivity contribution in [3.05, 3.63) is 282 Å². The second kappa shape index (κ2) is 17.3. The lowest BCUT2D eigenvalue weighted by atomic mass is 9.57. The highest BCUT2D eigenvalue weighted by atomic mass is 16.5. The van der Waals surface area contributed by atoms with Crippen molar-refractivity contribution in [2.24, 2.45) is 5.92 Å². The van der Waals surface area contributed by atoms with Crippen LogP contribution in [0.25, 0.3) is 83.2 Å². The Morgan fingerprint density at radius 2 is 0.944 bits per heavy atom. The predicted molar refractivity (Wildman–Crippen MR) is 286 cm³/mol. The first-order chi connectivity index (χ1) is 35.1. The zero-order chi connectivity index (χ0) is 47.3. The fraction of sp³-hybridized carbons (Fsp3) is 0.0462. The summed E-state index contributed by atoms with van der Waals surface area (Å²) >= 11 is 0. The number of hydrogen-bond donors (Lipinski definition) is 0. The molecule has 6 heteroatoms. The van der Waals surface area contributed by atoms with Gasteiger partial charge in [-0.05, 0) is 93.4 Å². The number of aromatic nitrogens is 4. The summed E-state index contributed by atoms with van der Waals surface area (Å²) in [6.45, 7) is 7.86. The van der Waals surface area contributed by atoms with Crippen LogP contribution in [0.5, 0.6) is 5.75 Å². The highest BCUT2D eigenvalue weighted by molar-refractivity contribution is 6.11. The third-order valence-corrected chi connectivity index (χ3v) is 14.2. The van der Waals surface area contributed by atoms with Crippen molar-refractivity contribution >= 4 is 33.1 Å². The average molecular weight is 910 g/mol. The number of rotatable bonds is 8. The number of fused-ring (bicyclic) bond motifs is 5. The maximum Gasteiger partial charge on any atom is 0.188 e. The third kappa shape index (κ3) is 7.14. The Morgan fingerprint density at radius 3 is 1.54 bits per heavy atom. The Bertz CT molecular complexity index is 3800. The Labute approximate surface area is 412 Å². The zero-order valence-corrected chi connectivity index (χ0v) is 38.5. The summed E-state index contributed by atoms with van der Waals surface area (Å²) in [4.78, 5) is 18.7. The van der Waals surface area contributed by atoms with Crippen LogP contribution in [0.4, 0.5) is 5.69 Å². The van der Waals surface area contributed by atoms with Crippen LogP contribution in [-0.2, 0) is 5.41 Å². The van der Waals surface area contributed by atoms with Crippen LogP contribution in [-0.4, -0.2) is 25.6 Å². The maximum absolute atomic E-state index is 7.86. The normalized spacial score (nSPS) is 15.6. The van der Waals surface area contributed by atoms with Gasteiger partial charge in [0.25, 0.3) is 0 Å². The van der Waals surface area contributed by atoms with Crippen LogP contribution in [0.3, 0.4) is 0 Å². The van der Waals surface area contributed by atoms with E-state index in [4.69, 9.17) is 26.3 Å². The van der Waals surface area contributed by atoms with Crippen molar-refractivity contribution in [2.45, 2.75) is 11.5 Å². The number of allylic oxidation sites excluding steroid dienone is 2. The SMILES string of the molecule is [C-]#[N+]c1ccc2c(c1)c1cc(-c3ccc4c(c3)C(c3ccccc3)(c3ccccc3)C3C=C(c5ccc(-c6nc(-c7ccccc7)nc(-c7ccccc7)n6)cc5)C=CC3O4)ccc1n2-c1ccccc1. The van der Waals surface area contributed by atoms with Crippen LogP contribution in [0.2, 0.25) is 0 Å². The van der Waals surface area contributed by atoms with Gasteiger partial charge >= 0.3 is 0 Å². The molecular formula is C65H43N5O. The molecule has 0 saturated carbocycles. The summed E-state index contributed by atoms with van der Waals surface area (Å²) in [5, 5.41) is 2.14. The van der Waals surface area contributed by atoms with Gasteiger partial charge in [0.15, 0.2) is 23.2 Å². The second-order valence-corrected chi connectivity index (χ2v) is 18.2. The van der Waals surface area contributed by atoms with E-state index >= 15 is 0 Å². The molecule has 0 fully saturated rings. The molecule has 334 valence electrons. The molecule has 0 radical (unpaired) electrons. The van der Waals surface area contributed by atoms with Crippen molar-refractivity contribution < 1.29 is 4.74 Å². The van der Waals surface area contributed by atoms with E-state index in [2.05, 4.69) is 179 Å². The Morgan fingerprint density at radius 1 is 0.465 bits per heavy atom. The van der Waals surface area contributed by atoms with Crippen LogP contribution >= 0.6 is 0 Å². The minimum absolute atomic E-state index is 0.126. The number of benzene rings is 9. The van der Waals surface area contributed by atoms with Gasteiger partial charge in [0.2, 0.25) is 0 Å². The van der Waals surface area contributed by atoms with Gasteiger partial charge in [0.1, 0.15) is 11.9 Å².